The van der Waals surface area contributed by atoms with Crippen molar-refractivity contribution >= 4 is 5.97 Å². The van der Waals surface area contributed by atoms with Gasteiger partial charge in [-0.1, -0.05) is 0 Å². The summed E-state index contributed by atoms with van der Waals surface area (Å²) >= 11 is 0. The van der Waals surface area contributed by atoms with Gasteiger partial charge in [-0.05, 0) is 6.07 Å². The zero-order chi connectivity index (χ0) is 10.7. The van der Waals surface area contributed by atoms with Crippen LogP contribution in [0.15, 0.2) is 6.07 Å². The minimum Gasteiger partial charge on any atom is -0.464 e. The Bertz CT molecular complexity index is 336. The molecule has 1 rings (SSSR count). The van der Waals surface area contributed by atoms with Gasteiger partial charge in [0.25, 0.3) is 0 Å². The predicted molar refractivity (Wildman–Crippen MR) is 44.3 cm³/mol. The van der Waals surface area contributed by atoms with Crippen molar-refractivity contribution in [2.45, 2.75) is 12.8 Å². The second-order valence-corrected chi connectivity index (χ2v) is 2.73. The molecule has 0 radical (unpaired) electrons. The fourth-order valence-electron chi connectivity index (χ4n) is 1.08. The van der Waals surface area contributed by atoms with Crippen LogP contribution in [0.1, 0.15) is 16.2 Å². The smallest absolute Gasteiger partial charge is 0.356 e. The standard InChI is InChI=1S/C8H10F2N2O2/c1-12-6(8(13)14-2)3-5(11-12)4-7(9)10/h3,7H,4H2,1-2H3. The van der Waals surface area contributed by atoms with Crippen LogP contribution in [0, 0.1) is 0 Å². The van der Waals surface area contributed by atoms with Crippen molar-refractivity contribution in [2.24, 2.45) is 7.05 Å². The molecule has 0 spiro atoms. The molecule has 0 N–H and O–H groups in total. The molecule has 0 unspecified atom stereocenters. The topological polar surface area (TPSA) is 44.1 Å². The Balaban J connectivity index is 2.87. The van der Waals surface area contributed by atoms with E-state index in [-0.39, 0.29) is 11.4 Å². The molecule has 0 aliphatic carbocycles. The number of halogens is 2. The fraction of sp³-hybridized carbons (Fsp3) is 0.500. The minimum atomic E-state index is -2.46. The van der Waals surface area contributed by atoms with Crippen molar-refractivity contribution in [1.29, 1.82) is 0 Å². The van der Waals surface area contributed by atoms with Crippen molar-refractivity contribution in [3.63, 3.8) is 0 Å². The third-order valence-corrected chi connectivity index (χ3v) is 1.69. The number of carbonyl (C=O) groups is 1. The van der Waals surface area contributed by atoms with Gasteiger partial charge in [0.05, 0.1) is 19.2 Å². The molecule has 1 aromatic rings. The Morgan fingerprint density at radius 1 is 1.71 bits per heavy atom. The third-order valence-electron chi connectivity index (χ3n) is 1.69. The van der Waals surface area contributed by atoms with Crippen molar-refractivity contribution in [1.82, 2.24) is 9.78 Å². The largest absolute Gasteiger partial charge is 0.464 e. The summed E-state index contributed by atoms with van der Waals surface area (Å²) in [4.78, 5) is 11.1. The van der Waals surface area contributed by atoms with Crippen LogP contribution in [-0.4, -0.2) is 29.3 Å². The lowest BCUT2D eigenvalue weighted by Gasteiger charge is -1.96. The van der Waals surface area contributed by atoms with E-state index in [2.05, 4.69) is 9.84 Å². The van der Waals surface area contributed by atoms with E-state index < -0.39 is 18.8 Å². The Labute approximate surface area is 79.5 Å². The molecule has 1 heterocycles. The molecule has 0 atom stereocenters. The fourth-order valence-corrected chi connectivity index (χ4v) is 1.08. The van der Waals surface area contributed by atoms with Gasteiger partial charge in [-0.15, -0.1) is 0 Å². The SMILES string of the molecule is COC(=O)c1cc(CC(F)F)nn1C. The Morgan fingerprint density at radius 3 is 2.86 bits per heavy atom. The lowest BCUT2D eigenvalue weighted by molar-refractivity contribution is 0.0588. The van der Waals surface area contributed by atoms with E-state index in [1.165, 1.54) is 24.9 Å². The number of aryl methyl sites for hydroxylation is 1. The molecule has 78 valence electrons. The van der Waals surface area contributed by atoms with E-state index in [1.807, 2.05) is 0 Å². The number of alkyl halides is 2. The summed E-state index contributed by atoms with van der Waals surface area (Å²) in [5, 5.41) is 3.76. The monoisotopic (exact) mass is 204 g/mol. The first-order valence-corrected chi connectivity index (χ1v) is 3.94. The lowest BCUT2D eigenvalue weighted by atomic mass is 10.3. The molecule has 0 aliphatic rings. The van der Waals surface area contributed by atoms with Gasteiger partial charge in [0.1, 0.15) is 5.69 Å². The molecule has 0 amide bonds. The molecule has 0 fully saturated rings. The maximum absolute atomic E-state index is 12.0. The van der Waals surface area contributed by atoms with Crippen LogP contribution in [0.3, 0.4) is 0 Å². The first kappa shape index (κ1) is 10.6. The number of methoxy groups -OCH3 is 1. The Hall–Kier alpha value is -1.46. The average molecular weight is 204 g/mol. The van der Waals surface area contributed by atoms with E-state index >= 15 is 0 Å². The summed E-state index contributed by atoms with van der Waals surface area (Å²) in [6.45, 7) is 0. The first-order valence-electron chi connectivity index (χ1n) is 3.94. The summed E-state index contributed by atoms with van der Waals surface area (Å²) in [5.74, 6) is -0.583. The molecule has 14 heavy (non-hydrogen) atoms. The second-order valence-electron chi connectivity index (χ2n) is 2.73. The maximum Gasteiger partial charge on any atom is 0.356 e. The Morgan fingerprint density at radius 2 is 2.36 bits per heavy atom. The van der Waals surface area contributed by atoms with Crippen molar-refractivity contribution < 1.29 is 18.3 Å². The minimum absolute atomic E-state index is 0.170. The van der Waals surface area contributed by atoms with Crippen LogP contribution in [0.2, 0.25) is 0 Å². The predicted octanol–water partition coefficient (Wildman–Crippen LogP) is 1.01. The van der Waals surface area contributed by atoms with E-state index in [0.29, 0.717) is 0 Å². The van der Waals surface area contributed by atoms with Gasteiger partial charge in [0.2, 0.25) is 6.43 Å². The molecular weight excluding hydrogens is 194 g/mol. The zero-order valence-electron chi connectivity index (χ0n) is 7.83. The van der Waals surface area contributed by atoms with Gasteiger partial charge in [-0.25, -0.2) is 13.6 Å². The van der Waals surface area contributed by atoms with Crippen LogP contribution in [0.5, 0.6) is 0 Å². The number of esters is 1. The van der Waals surface area contributed by atoms with Crippen LogP contribution in [-0.2, 0) is 18.2 Å². The number of ether oxygens (including phenoxy) is 1. The lowest BCUT2D eigenvalue weighted by Crippen LogP contribution is -2.07. The molecule has 4 nitrogen and oxygen atoms in total. The maximum atomic E-state index is 12.0. The highest BCUT2D eigenvalue weighted by Gasteiger charge is 2.15. The summed E-state index contributed by atoms with van der Waals surface area (Å²) in [7, 11) is 2.73. The zero-order valence-corrected chi connectivity index (χ0v) is 7.83. The highest BCUT2D eigenvalue weighted by Crippen LogP contribution is 2.09. The molecule has 0 aromatic carbocycles. The van der Waals surface area contributed by atoms with Crippen molar-refractivity contribution in [3.8, 4) is 0 Å². The van der Waals surface area contributed by atoms with E-state index in [4.69, 9.17) is 0 Å². The highest BCUT2D eigenvalue weighted by atomic mass is 19.3. The second kappa shape index (κ2) is 4.17. The number of nitrogens with zero attached hydrogens (tertiary/aromatic N) is 2. The number of rotatable bonds is 3. The van der Waals surface area contributed by atoms with Crippen LogP contribution in [0.25, 0.3) is 0 Å². The van der Waals surface area contributed by atoms with Gasteiger partial charge >= 0.3 is 5.97 Å². The number of aromatic nitrogens is 2. The normalized spacial score (nSPS) is 10.6. The van der Waals surface area contributed by atoms with Crippen LogP contribution >= 0.6 is 0 Å². The molecule has 6 heteroatoms. The summed E-state index contributed by atoms with van der Waals surface area (Å²) in [6, 6.07) is 1.30. The van der Waals surface area contributed by atoms with Crippen LogP contribution < -0.4 is 0 Å². The van der Waals surface area contributed by atoms with E-state index in [0.717, 1.165) is 0 Å². The first-order chi connectivity index (χ1) is 6.54. The van der Waals surface area contributed by atoms with Crippen molar-refractivity contribution in [2.75, 3.05) is 7.11 Å². The highest BCUT2D eigenvalue weighted by molar-refractivity contribution is 5.87. The van der Waals surface area contributed by atoms with E-state index in [9.17, 15) is 13.6 Å². The van der Waals surface area contributed by atoms with Gasteiger partial charge in [0, 0.05) is 7.05 Å². The molecular formula is C8H10F2N2O2. The summed E-state index contributed by atoms with van der Waals surface area (Å²) < 4.78 is 29.6. The number of hydrogen-bond donors (Lipinski definition) is 0. The van der Waals surface area contributed by atoms with Gasteiger partial charge in [-0.3, -0.25) is 4.68 Å². The molecule has 0 saturated heterocycles. The molecule has 1 aromatic heterocycles. The van der Waals surface area contributed by atoms with E-state index in [1.54, 1.807) is 0 Å². The third kappa shape index (κ3) is 2.27. The number of carbonyl (C=O) groups excluding carboxylic acids is 1. The summed E-state index contributed by atoms with van der Waals surface area (Å²) in [5.41, 5.74) is 0.353. The van der Waals surface area contributed by atoms with Gasteiger partial charge in [0.15, 0.2) is 0 Å². The molecule has 0 saturated carbocycles. The number of hydrogen-bond acceptors (Lipinski definition) is 3. The Kier molecular flexibility index (Phi) is 3.16. The summed E-state index contributed by atoms with van der Waals surface area (Å²) in [6.07, 6.45) is -2.92. The average Bonchev–Trinajstić information content (AvgIpc) is 2.44. The molecule has 0 aliphatic heterocycles. The van der Waals surface area contributed by atoms with Gasteiger partial charge in [-0.2, -0.15) is 5.10 Å². The quantitative estimate of drug-likeness (QED) is 0.690. The molecule has 0 bridgehead atoms. The van der Waals surface area contributed by atoms with Crippen LogP contribution in [0.4, 0.5) is 8.78 Å². The van der Waals surface area contributed by atoms with Crippen molar-refractivity contribution in [3.05, 3.63) is 17.5 Å². The van der Waals surface area contributed by atoms with Gasteiger partial charge < -0.3 is 4.74 Å².